The van der Waals surface area contributed by atoms with Crippen LogP contribution in [0.3, 0.4) is 0 Å². The predicted molar refractivity (Wildman–Crippen MR) is 48.2 cm³/mol. The summed E-state index contributed by atoms with van der Waals surface area (Å²) in [5.74, 6) is -0.629. The van der Waals surface area contributed by atoms with Gasteiger partial charge in [-0.3, -0.25) is 0 Å². The fourth-order valence-electron chi connectivity index (χ4n) is 0.928. The zero-order valence-electron chi connectivity index (χ0n) is 7.31. The molecule has 4 nitrogen and oxygen atoms in total. The van der Waals surface area contributed by atoms with Crippen molar-refractivity contribution in [3.05, 3.63) is 16.8 Å². The van der Waals surface area contributed by atoms with Crippen molar-refractivity contribution in [2.75, 3.05) is 5.73 Å². The molecule has 0 bridgehead atoms. The van der Waals surface area contributed by atoms with E-state index in [1.807, 2.05) is 0 Å². The molecule has 1 rings (SSSR count). The van der Waals surface area contributed by atoms with Crippen molar-refractivity contribution >= 4 is 17.4 Å². The van der Waals surface area contributed by atoms with E-state index in [9.17, 15) is 13.2 Å². The summed E-state index contributed by atoms with van der Waals surface area (Å²) in [6.07, 6.45) is -3.98. The molecule has 0 aliphatic heterocycles. The first kappa shape index (κ1) is 11.9. The van der Waals surface area contributed by atoms with Crippen LogP contribution in [-0.2, 0) is 6.54 Å². The summed E-state index contributed by atoms with van der Waals surface area (Å²) < 4.78 is 39.5. The number of aromatic nitrogens is 1. The first-order valence-corrected chi connectivity index (χ1v) is 4.11. The van der Waals surface area contributed by atoms with Gasteiger partial charge in [-0.1, -0.05) is 11.6 Å². The molecule has 0 unspecified atom stereocenters. The molecule has 0 saturated carbocycles. The fourth-order valence-corrected chi connectivity index (χ4v) is 1.15. The van der Waals surface area contributed by atoms with Crippen LogP contribution in [0.2, 0.25) is 5.02 Å². The van der Waals surface area contributed by atoms with E-state index in [1.54, 1.807) is 0 Å². The van der Waals surface area contributed by atoms with Gasteiger partial charge in [0.15, 0.2) is 5.75 Å². The number of halogens is 4. The Morgan fingerprint density at radius 3 is 2.53 bits per heavy atom. The van der Waals surface area contributed by atoms with Crippen LogP contribution in [0.1, 0.15) is 5.56 Å². The minimum absolute atomic E-state index is 0.0264. The van der Waals surface area contributed by atoms with Crippen molar-refractivity contribution in [2.24, 2.45) is 5.73 Å². The Kier molecular flexibility index (Phi) is 3.25. The summed E-state index contributed by atoms with van der Waals surface area (Å²) in [7, 11) is 0. The molecule has 8 heteroatoms. The topological polar surface area (TPSA) is 74.2 Å². The van der Waals surface area contributed by atoms with Gasteiger partial charge in [-0.2, -0.15) is 0 Å². The summed E-state index contributed by atoms with van der Waals surface area (Å²) in [5, 5.41) is -0.126. The zero-order chi connectivity index (χ0) is 11.6. The highest BCUT2D eigenvalue weighted by Gasteiger charge is 2.32. The SMILES string of the molecule is NCc1c(OC(F)(F)F)cnc(N)c1Cl. The number of anilines is 1. The quantitative estimate of drug-likeness (QED) is 0.826. The molecule has 0 fully saturated rings. The average Bonchev–Trinajstić information content (AvgIpc) is 2.10. The predicted octanol–water partition coefficient (Wildman–Crippen LogP) is 1.67. The summed E-state index contributed by atoms with van der Waals surface area (Å²) in [6, 6.07) is 0. The maximum atomic E-state index is 11.9. The molecule has 0 radical (unpaired) electrons. The number of pyridine rings is 1. The van der Waals surface area contributed by atoms with Crippen LogP contribution in [-0.4, -0.2) is 11.3 Å². The number of ether oxygens (including phenoxy) is 1. The molecule has 0 atom stereocenters. The Labute approximate surface area is 88.0 Å². The van der Waals surface area contributed by atoms with Crippen molar-refractivity contribution in [3.63, 3.8) is 0 Å². The van der Waals surface area contributed by atoms with E-state index in [-0.39, 0.29) is 22.9 Å². The lowest BCUT2D eigenvalue weighted by molar-refractivity contribution is -0.275. The van der Waals surface area contributed by atoms with Crippen LogP contribution in [0.25, 0.3) is 0 Å². The average molecular weight is 242 g/mol. The standard InChI is InChI=1S/C7H7ClF3N3O/c8-5-3(1-12)4(2-14-6(5)13)15-7(9,10)11/h2H,1,12H2,(H2,13,14). The van der Waals surface area contributed by atoms with Gasteiger partial charge in [0.25, 0.3) is 0 Å². The zero-order valence-corrected chi connectivity index (χ0v) is 8.06. The van der Waals surface area contributed by atoms with E-state index in [2.05, 4.69) is 9.72 Å². The molecule has 4 N–H and O–H groups in total. The second-order valence-corrected chi connectivity index (χ2v) is 2.93. The van der Waals surface area contributed by atoms with Gasteiger partial charge in [0.1, 0.15) is 5.82 Å². The van der Waals surface area contributed by atoms with Gasteiger partial charge in [-0.15, -0.1) is 13.2 Å². The molecule has 0 amide bonds. The minimum Gasteiger partial charge on any atom is -0.404 e. The van der Waals surface area contributed by atoms with Crippen LogP contribution >= 0.6 is 11.6 Å². The third-order valence-electron chi connectivity index (χ3n) is 1.54. The molecule has 0 saturated heterocycles. The Morgan fingerprint density at radius 2 is 2.07 bits per heavy atom. The highest BCUT2D eigenvalue weighted by molar-refractivity contribution is 6.33. The molecule has 15 heavy (non-hydrogen) atoms. The number of hydrogen-bond donors (Lipinski definition) is 2. The van der Waals surface area contributed by atoms with E-state index in [0.29, 0.717) is 0 Å². The molecule has 1 aromatic rings. The van der Waals surface area contributed by atoms with Gasteiger partial charge in [0.2, 0.25) is 0 Å². The van der Waals surface area contributed by atoms with E-state index in [1.165, 1.54) is 0 Å². The summed E-state index contributed by atoms with van der Waals surface area (Å²) in [6.45, 7) is -0.225. The first-order chi connectivity index (χ1) is 6.85. The van der Waals surface area contributed by atoms with Crippen LogP contribution < -0.4 is 16.2 Å². The van der Waals surface area contributed by atoms with Crippen LogP contribution in [0.4, 0.5) is 19.0 Å². The van der Waals surface area contributed by atoms with E-state index in [4.69, 9.17) is 23.1 Å². The second-order valence-electron chi connectivity index (χ2n) is 2.55. The Bertz CT molecular complexity index is 369. The van der Waals surface area contributed by atoms with Crippen molar-refractivity contribution in [1.29, 1.82) is 0 Å². The maximum absolute atomic E-state index is 11.9. The van der Waals surface area contributed by atoms with Gasteiger partial charge < -0.3 is 16.2 Å². The molecule has 0 aliphatic rings. The fraction of sp³-hybridized carbons (Fsp3) is 0.286. The molecular weight excluding hydrogens is 235 g/mol. The van der Waals surface area contributed by atoms with Crippen molar-refractivity contribution in [1.82, 2.24) is 4.98 Å². The van der Waals surface area contributed by atoms with Crippen LogP contribution in [0, 0.1) is 0 Å². The number of rotatable bonds is 2. The Morgan fingerprint density at radius 1 is 1.47 bits per heavy atom. The number of nitrogens with two attached hydrogens (primary N) is 2. The Balaban J connectivity index is 3.14. The van der Waals surface area contributed by atoms with Crippen LogP contribution in [0.5, 0.6) is 5.75 Å². The minimum atomic E-state index is -4.81. The molecule has 1 aromatic heterocycles. The van der Waals surface area contributed by atoms with Gasteiger partial charge in [-0.05, 0) is 0 Å². The third kappa shape index (κ3) is 2.87. The van der Waals surface area contributed by atoms with E-state index < -0.39 is 12.1 Å². The molecule has 0 aliphatic carbocycles. The normalized spacial score (nSPS) is 11.5. The van der Waals surface area contributed by atoms with E-state index >= 15 is 0 Å². The lowest BCUT2D eigenvalue weighted by atomic mass is 10.2. The largest absolute Gasteiger partial charge is 0.573 e. The molecular formula is C7H7ClF3N3O. The molecule has 84 valence electrons. The molecule has 0 aromatic carbocycles. The second kappa shape index (κ2) is 4.11. The summed E-state index contributed by atoms with van der Waals surface area (Å²) in [5.41, 5.74) is 10.5. The monoisotopic (exact) mass is 241 g/mol. The number of hydrogen-bond acceptors (Lipinski definition) is 4. The van der Waals surface area contributed by atoms with Crippen molar-refractivity contribution in [3.8, 4) is 5.75 Å². The summed E-state index contributed by atoms with van der Waals surface area (Å²) in [4.78, 5) is 3.44. The van der Waals surface area contributed by atoms with Gasteiger partial charge in [0.05, 0.1) is 11.2 Å². The first-order valence-electron chi connectivity index (χ1n) is 3.74. The van der Waals surface area contributed by atoms with E-state index in [0.717, 1.165) is 6.20 Å². The number of nitrogen functional groups attached to an aromatic ring is 1. The smallest absolute Gasteiger partial charge is 0.404 e. The lowest BCUT2D eigenvalue weighted by Gasteiger charge is -2.13. The van der Waals surface area contributed by atoms with Gasteiger partial charge in [-0.25, -0.2) is 4.98 Å². The third-order valence-corrected chi connectivity index (χ3v) is 1.96. The van der Waals surface area contributed by atoms with Gasteiger partial charge >= 0.3 is 6.36 Å². The number of alkyl halides is 3. The molecule has 0 spiro atoms. The van der Waals surface area contributed by atoms with Gasteiger partial charge in [0, 0.05) is 12.1 Å². The molecule has 1 heterocycles. The highest BCUT2D eigenvalue weighted by atomic mass is 35.5. The van der Waals surface area contributed by atoms with Crippen LogP contribution in [0.15, 0.2) is 6.20 Å². The summed E-state index contributed by atoms with van der Waals surface area (Å²) >= 11 is 5.61. The van der Waals surface area contributed by atoms with Crippen molar-refractivity contribution < 1.29 is 17.9 Å². The lowest BCUT2D eigenvalue weighted by Crippen LogP contribution is -2.19. The number of nitrogens with zero attached hydrogens (tertiary/aromatic N) is 1. The Hall–Kier alpha value is -1.21. The van der Waals surface area contributed by atoms with Crippen molar-refractivity contribution in [2.45, 2.75) is 12.9 Å². The highest BCUT2D eigenvalue weighted by Crippen LogP contribution is 2.32. The maximum Gasteiger partial charge on any atom is 0.573 e.